The van der Waals surface area contributed by atoms with E-state index < -0.39 is 4.92 Å². The van der Waals surface area contributed by atoms with Gasteiger partial charge in [-0.1, -0.05) is 18.2 Å². The first-order valence-corrected chi connectivity index (χ1v) is 8.61. The molecule has 0 unspecified atom stereocenters. The number of hydrogen-bond donors (Lipinski definition) is 2. The second kappa shape index (κ2) is 7.71. The fraction of sp³-hybridized carbons (Fsp3) is 0.176. The van der Waals surface area contributed by atoms with Gasteiger partial charge in [0, 0.05) is 17.1 Å². The number of hydrogen-bond acceptors (Lipinski definition) is 7. The van der Waals surface area contributed by atoms with Crippen LogP contribution in [-0.2, 0) is 6.42 Å². The highest BCUT2D eigenvalue weighted by Gasteiger charge is 2.23. The number of thiophene rings is 1. The number of nitro groups is 1. The third kappa shape index (κ3) is 4.30. The molecule has 3 aromatic rings. The van der Waals surface area contributed by atoms with Gasteiger partial charge in [0.05, 0.1) is 4.92 Å². The van der Waals surface area contributed by atoms with Crippen molar-refractivity contribution in [3.8, 4) is 0 Å². The van der Waals surface area contributed by atoms with E-state index >= 15 is 0 Å². The Labute approximate surface area is 148 Å². The molecule has 2 N–H and O–H groups in total. The number of anilines is 3. The lowest BCUT2D eigenvalue weighted by molar-refractivity contribution is -0.383. The molecule has 0 radical (unpaired) electrons. The van der Waals surface area contributed by atoms with Gasteiger partial charge in [0.15, 0.2) is 0 Å². The molecule has 0 fully saturated rings. The van der Waals surface area contributed by atoms with Crippen LogP contribution >= 0.6 is 11.3 Å². The summed E-state index contributed by atoms with van der Waals surface area (Å²) in [7, 11) is 0. The SMILES string of the molecule is Cc1cccc(Nc2ncnc(NCCc3cccs3)c2[N+](=O)[O-])c1. The average Bonchev–Trinajstić information content (AvgIpc) is 3.08. The maximum absolute atomic E-state index is 11.5. The zero-order chi connectivity index (χ0) is 17.6. The zero-order valence-electron chi connectivity index (χ0n) is 13.6. The smallest absolute Gasteiger partial charge is 0.353 e. The largest absolute Gasteiger partial charge is 0.364 e. The van der Waals surface area contributed by atoms with Gasteiger partial charge >= 0.3 is 5.69 Å². The monoisotopic (exact) mass is 355 g/mol. The molecule has 2 aromatic heterocycles. The maximum Gasteiger partial charge on any atom is 0.353 e. The molecule has 0 atom stereocenters. The lowest BCUT2D eigenvalue weighted by atomic mass is 10.2. The minimum atomic E-state index is -0.467. The molecule has 0 saturated heterocycles. The van der Waals surface area contributed by atoms with Crippen LogP contribution in [0.1, 0.15) is 10.4 Å². The molecule has 0 amide bonds. The number of aromatic nitrogens is 2. The van der Waals surface area contributed by atoms with Gasteiger partial charge in [-0.2, -0.15) is 0 Å². The van der Waals surface area contributed by atoms with Crippen molar-refractivity contribution in [3.05, 3.63) is 68.7 Å². The summed E-state index contributed by atoms with van der Waals surface area (Å²) < 4.78 is 0. The van der Waals surface area contributed by atoms with Crippen LogP contribution in [0.4, 0.5) is 23.0 Å². The summed E-state index contributed by atoms with van der Waals surface area (Å²) in [6.45, 7) is 2.51. The summed E-state index contributed by atoms with van der Waals surface area (Å²) in [6.07, 6.45) is 2.10. The fourth-order valence-corrected chi connectivity index (χ4v) is 3.10. The molecule has 25 heavy (non-hydrogen) atoms. The summed E-state index contributed by atoms with van der Waals surface area (Å²) in [5.74, 6) is 0.385. The Morgan fingerprint density at radius 2 is 2.04 bits per heavy atom. The molecule has 3 rings (SSSR count). The minimum Gasteiger partial charge on any atom is -0.364 e. The van der Waals surface area contributed by atoms with E-state index in [9.17, 15) is 10.1 Å². The van der Waals surface area contributed by atoms with Crippen molar-refractivity contribution in [1.82, 2.24) is 9.97 Å². The molecule has 0 bridgehead atoms. The lowest BCUT2D eigenvalue weighted by Crippen LogP contribution is -2.10. The van der Waals surface area contributed by atoms with Gasteiger partial charge < -0.3 is 10.6 Å². The number of aryl methyl sites for hydroxylation is 1. The van der Waals surface area contributed by atoms with Crippen molar-refractivity contribution >= 4 is 34.3 Å². The molecule has 2 heterocycles. The fourth-order valence-electron chi connectivity index (χ4n) is 2.39. The van der Waals surface area contributed by atoms with Gasteiger partial charge in [-0.15, -0.1) is 11.3 Å². The van der Waals surface area contributed by atoms with E-state index in [-0.39, 0.29) is 17.3 Å². The highest BCUT2D eigenvalue weighted by molar-refractivity contribution is 7.09. The second-order valence-electron chi connectivity index (χ2n) is 5.43. The van der Waals surface area contributed by atoms with Crippen LogP contribution in [-0.4, -0.2) is 21.4 Å². The molecule has 0 aliphatic heterocycles. The molecule has 0 aliphatic carbocycles. The van der Waals surface area contributed by atoms with Crippen molar-refractivity contribution < 1.29 is 4.92 Å². The Morgan fingerprint density at radius 3 is 2.76 bits per heavy atom. The zero-order valence-corrected chi connectivity index (χ0v) is 14.4. The molecule has 0 saturated carbocycles. The van der Waals surface area contributed by atoms with Crippen LogP contribution in [0.5, 0.6) is 0 Å². The Hall–Kier alpha value is -3.00. The Morgan fingerprint density at radius 1 is 1.20 bits per heavy atom. The van der Waals surface area contributed by atoms with Gasteiger partial charge in [0.2, 0.25) is 11.6 Å². The lowest BCUT2D eigenvalue weighted by Gasteiger charge is -2.10. The predicted octanol–water partition coefficient (Wildman–Crippen LogP) is 4.15. The van der Waals surface area contributed by atoms with Crippen LogP contribution in [0.15, 0.2) is 48.1 Å². The number of benzene rings is 1. The second-order valence-corrected chi connectivity index (χ2v) is 6.46. The van der Waals surface area contributed by atoms with E-state index in [2.05, 4.69) is 20.6 Å². The quantitative estimate of drug-likeness (QED) is 0.488. The molecular weight excluding hydrogens is 338 g/mol. The highest BCUT2D eigenvalue weighted by Crippen LogP contribution is 2.31. The van der Waals surface area contributed by atoms with Crippen LogP contribution in [0.2, 0.25) is 0 Å². The van der Waals surface area contributed by atoms with Crippen molar-refractivity contribution in [2.24, 2.45) is 0 Å². The van der Waals surface area contributed by atoms with E-state index in [0.29, 0.717) is 6.54 Å². The summed E-state index contributed by atoms with van der Waals surface area (Å²) in [6, 6.07) is 11.6. The predicted molar refractivity (Wildman–Crippen MR) is 99.7 cm³/mol. The Bertz CT molecular complexity index is 867. The molecular formula is C17H17N5O2S. The molecule has 0 aliphatic rings. The van der Waals surface area contributed by atoms with E-state index in [0.717, 1.165) is 17.7 Å². The Balaban J connectivity index is 1.80. The molecule has 7 nitrogen and oxygen atoms in total. The van der Waals surface area contributed by atoms with E-state index in [1.54, 1.807) is 11.3 Å². The first kappa shape index (κ1) is 16.8. The number of rotatable bonds is 7. The van der Waals surface area contributed by atoms with Crippen LogP contribution in [0, 0.1) is 17.0 Å². The van der Waals surface area contributed by atoms with Crippen LogP contribution < -0.4 is 10.6 Å². The normalized spacial score (nSPS) is 10.4. The summed E-state index contributed by atoms with van der Waals surface area (Å²) in [5.41, 5.74) is 1.64. The Kier molecular flexibility index (Phi) is 5.20. The maximum atomic E-state index is 11.5. The van der Waals surface area contributed by atoms with Crippen molar-refractivity contribution in [2.45, 2.75) is 13.3 Å². The molecule has 8 heteroatoms. The third-order valence-corrected chi connectivity index (χ3v) is 4.47. The molecule has 128 valence electrons. The number of nitrogens with one attached hydrogen (secondary N) is 2. The first-order valence-electron chi connectivity index (χ1n) is 7.73. The van der Waals surface area contributed by atoms with Gasteiger partial charge in [0.25, 0.3) is 0 Å². The average molecular weight is 355 g/mol. The summed E-state index contributed by atoms with van der Waals surface area (Å²) >= 11 is 1.66. The topological polar surface area (TPSA) is 93.0 Å². The van der Waals surface area contributed by atoms with Crippen LogP contribution in [0.25, 0.3) is 0 Å². The van der Waals surface area contributed by atoms with Gasteiger partial charge in [0.1, 0.15) is 6.33 Å². The van der Waals surface area contributed by atoms with Crippen molar-refractivity contribution in [3.63, 3.8) is 0 Å². The van der Waals surface area contributed by atoms with Crippen molar-refractivity contribution in [2.75, 3.05) is 17.2 Å². The standard InChI is InChI=1S/C17H17N5O2S/c1-12-4-2-5-13(10-12)21-17-15(22(23)24)16(19-11-20-17)18-8-7-14-6-3-9-25-14/h2-6,9-11H,7-8H2,1H3,(H2,18,19,20,21). The summed E-state index contributed by atoms with van der Waals surface area (Å²) in [4.78, 5) is 20.4. The molecule has 0 spiro atoms. The van der Waals surface area contributed by atoms with Gasteiger partial charge in [-0.25, -0.2) is 9.97 Å². The van der Waals surface area contributed by atoms with Gasteiger partial charge in [-0.3, -0.25) is 10.1 Å². The molecule has 1 aromatic carbocycles. The van der Waals surface area contributed by atoms with Gasteiger partial charge in [-0.05, 0) is 42.5 Å². The van der Waals surface area contributed by atoms with E-state index in [4.69, 9.17) is 0 Å². The van der Waals surface area contributed by atoms with Crippen molar-refractivity contribution in [1.29, 1.82) is 0 Å². The van der Waals surface area contributed by atoms with Crippen LogP contribution in [0.3, 0.4) is 0 Å². The minimum absolute atomic E-state index is 0.157. The highest BCUT2D eigenvalue weighted by atomic mass is 32.1. The summed E-state index contributed by atoms with van der Waals surface area (Å²) in [5, 5.41) is 19.6. The van der Waals surface area contributed by atoms with E-state index in [1.165, 1.54) is 11.2 Å². The van der Waals surface area contributed by atoms with E-state index in [1.807, 2.05) is 48.7 Å². The third-order valence-electron chi connectivity index (χ3n) is 3.53. The first-order chi connectivity index (χ1) is 12.1. The number of nitrogens with zero attached hydrogens (tertiary/aromatic N) is 3.